The zero-order valence-corrected chi connectivity index (χ0v) is 50.4. The molecular weight excluding hydrogens is 1130 g/mol. The largest absolute Gasteiger partial charge is 0.309 e. The van der Waals surface area contributed by atoms with Gasteiger partial charge in [0.15, 0.2) is 0 Å². The molecule has 0 radical (unpaired) electrons. The zero-order chi connectivity index (χ0) is 61.1. The van der Waals surface area contributed by atoms with Gasteiger partial charge in [-0.2, -0.15) is 0 Å². The molecule has 0 bridgehead atoms. The van der Waals surface area contributed by atoms with Gasteiger partial charge in [-0.15, -0.1) is 0 Å². The lowest BCUT2D eigenvalue weighted by Gasteiger charge is -2.13. The predicted molar refractivity (Wildman–Crippen MR) is 393 cm³/mol. The van der Waals surface area contributed by atoms with Crippen molar-refractivity contribution in [1.29, 1.82) is 0 Å². The van der Waals surface area contributed by atoms with E-state index in [1.165, 1.54) is 163 Å². The number of hydrogen-bond acceptors (Lipinski definition) is 3. The van der Waals surface area contributed by atoms with Crippen LogP contribution in [0.3, 0.4) is 0 Å². The molecule has 0 unspecified atom stereocenters. The molecule has 0 spiro atoms. The molecule has 0 fully saturated rings. The fraction of sp³-hybridized carbons (Fsp3) is 0. The van der Waals surface area contributed by atoms with Gasteiger partial charge in [0.1, 0.15) is 0 Å². The molecule has 0 N–H and O–H groups in total. The van der Waals surface area contributed by atoms with E-state index in [0.717, 1.165) is 16.6 Å². The summed E-state index contributed by atoms with van der Waals surface area (Å²) in [5.41, 5.74) is 14.1. The fourth-order valence-electron chi connectivity index (χ4n) is 15.4. The second kappa shape index (κ2) is 21.1. The summed E-state index contributed by atoms with van der Waals surface area (Å²) in [6.07, 6.45) is 5.67. The molecule has 0 atom stereocenters. The Morgan fingerprint density at radius 3 is 1.10 bits per heavy atom. The average molecular weight is 1180 g/mol. The van der Waals surface area contributed by atoms with Gasteiger partial charge in [-0.3, -0.25) is 15.0 Å². The number of nitrogens with zero attached hydrogens (tertiary/aromatic N) is 6. The summed E-state index contributed by atoms with van der Waals surface area (Å²) in [6.45, 7) is 0. The second-order valence-electron chi connectivity index (χ2n) is 24.1. The van der Waals surface area contributed by atoms with Gasteiger partial charge in [0.2, 0.25) is 0 Å². The average Bonchev–Trinajstić information content (AvgIpc) is 1.62. The molecule has 93 heavy (non-hydrogen) atoms. The van der Waals surface area contributed by atoms with Crippen molar-refractivity contribution in [3.8, 4) is 17.1 Å². The quantitative estimate of drug-likeness (QED) is 0.166. The van der Waals surface area contributed by atoms with E-state index in [-0.39, 0.29) is 0 Å². The molecule has 6 aromatic heterocycles. The molecule has 0 saturated carbocycles. The maximum absolute atomic E-state index is 4.81. The van der Waals surface area contributed by atoms with Crippen LogP contribution in [0.4, 0.5) is 0 Å². The van der Waals surface area contributed by atoms with Gasteiger partial charge in [0.25, 0.3) is 0 Å². The Labute approximate surface area is 533 Å². The van der Waals surface area contributed by atoms with Crippen LogP contribution in [-0.2, 0) is 0 Å². The lowest BCUT2D eigenvalue weighted by atomic mass is 9.94. The van der Waals surface area contributed by atoms with E-state index in [1.54, 1.807) is 0 Å². The van der Waals surface area contributed by atoms with Crippen molar-refractivity contribution in [3.63, 3.8) is 0 Å². The van der Waals surface area contributed by atoms with Crippen molar-refractivity contribution in [2.45, 2.75) is 0 Å². The van der Waals surface area contributed by atoms with E-state index < -0.39 is 0 Å². The Kier molecular flexibility index (Phi) is 11.9. The third-order valence-electron chi connectivity index (χ3n) is 19.2. The normalized spacial score (nSPS) is 11.9. The van der Waals surface area contributed by atoms with Crippen LogP contribution < -0.4 is 0 Å². The molecule has 0 aliphatic heterocycles. The maximum atomic E-state index is 4.81. The Morgan fingerprint density at radius 2 is 0.516 bits per heavy atom. The van der Waals surface area contributed by atoms with Crippen LogP contribution in [0.5, 0.6) is 0 Å². The van der Waals surface area contributed by atoms with Gasteiger partial charge >= 0.3 is 0 Å². The topological polar surface area (TPSA) is 53.5 Å². The second-order valence-corrected chi connectivity index (χ2v) is 24.1. The summed E-state index contributed by atoms with van der Waals surface area (Å²) in [5, 5.41) is 26.3. The Hall–Kier alpha value is -12.5. The zero-order valence-electron chi connectivity index (χ0n) is 50.4. The maximum Gasteiger partial charge on any atom is 0.0787 e. The van der Waals surface area contributed by atoms with E-state index >= 15 is 0 Å². The van der Waals surface area contributed by atoms with E-state index in [0.29, 0.717) is 0 Å². The fourth-order valence-corrected chi connectivity index (χ4v) is 15.4. The van der Waals surface area contributed by atoms with Gasteiger partial charge in [-0.1, -0.05) is 218 Å². The molecule has 6 heterocycles. The van der Waals surface area contributed by atoms with E-state index in [2.05, 4.69) is 305 Å². The van der Waals surface area contributed by atoms with Gasteiger partial charge < -0.3 is 13.7 Å². The molecule has 0 amide bonds. The lowest BCUT2D eigenvalue weighted by Crippen LogP contribution is -1.95. The first-order valence-electron chi connectivity index (χ1n) is 31.7. The third-order valence-corrected chi connectivity index (χ3v) is 19.2. The number of benzene rings is 15. The van der Waals surface area contributed by atoms with Gasteiger partial charge in [0, 0.05) is 111 Å². The van der Waals surface area contributed by atoms with Crippen LogP contribution in [-0.4, -0.2) is 28.7 Å². The highest BCUT2D eigenvalue weighted by molar-refractivity contribution is 6.36. The summed E-state index contributed by atoms with van der Waals surface area (Å²) in [4.78, 5) is 14.3. The molecule has 21 rings (SSSR count). The summed E-state index contributed by atoms with van der Waals surface area (Å²) in [7, 11) is 0. The van der Waals surface area contributed by atoms with Crippen molar-refractivity contribution in [3.05, 3.63) is 328 Å². The minimum atomic E-state index is 1.06. The van der Waals surface area contributed by atoms with E-state index in [9.17, 15) is 0 Å². The number of hydrogen-bond donors (Lipinski definition) is 0. The van der Waals surface area contributed by atoms with Crippen molar-refractivity contribution in [1.82, 2.24) is 28.7 Å². The molecule has 0 aliphatic carbocycles. The smallest absolute Gasteiger partial charge is 0.0787 e. The highest BCUT2D eigenvalue weighted by atomic mass is 15.0. The molecule has 0 saturated heterocycles. The van der Waals surface area contributed by atoms with Crippen LogP contribution in [0.25, 0.3) is 180 Å². The number of fused-ring (bicyclic) bond motifs is 29. The van der Waals surface area contributed by atoms with Crippen molar-refractivity contribution < 1.29 is 0 Å². The summed E-state index contributed by atoms with van der Waals surface area (Å²) in [6, 6.07) is 110. The third kappa shape index (κ3) is 7.99. The number of pyridine rings is 3. The molecule has 21 aromatic rings. The van der Waals surface area contributed by atoms with Crippen molar-refractivity contribution in [2.75, 3.05) is 0 Å². The molecular formula is C87H54N6. The molecule has 0 aliphatic rings. The standard InChI is InChI=1S/3C29H18N2/c1-2-9-19(10-3-1)31-26-15-7-6-12-21(26)24-17-16-22-20-11-4-5-13-23(20)28-25(14-8-18-30-28)27(22)29(24)31;1-2-9-19(10-3-1)31-27-15-7-6-12-21(27)26-17-24-20-11-4-5-13-22(20)29-23(14-8-16-30-29)25(24)18-28(26)31;1-2-9-19(10-3-1)31-25-15-7-6-13-24(25)28-26(31)17-16-21-23-14-8-18-30-29(23)22-12-5-4-11-20(22)27(21)28/h3*1-18H. The van der Waals surface area contributed by atoms with Crippen molar-refractivity contribution >= 4 is 163 Å². The predicted octanol–water partition coefficient (Wildman–Crippen LogP) is 22.9. The van der Waals surface area contributed by atoms with Gasteiger partial charge in [0.05, 0.1) is 49.7 Å². The van der Waals surface area contributed by atoms with Crippen LogP contribution in [0, 0.1) is 0 Å². The minimum Gasteiger partial charge on any atom is -0.309 e. The van der Waals surface area contributed by atoms with Crippen LogP contribution >= 0.6 is 0 Å². The Bertz CT molecular complexity index is 6370. The van der Waals surface area contributed by atoms with Gasteiger partial charge in [-0.25, -0.2) is 0 Å². The number of rotatable bonds is 3. The van der Waals surface area contributed by atoms with E-state index in [1.807, 2.05) is 36.8 Å². The summed E-state index contributed by atoms with van der Waals surface area (Å²) in [5.74, 6) is 0. The van der Waals surface area contributed by atoms with Crippen LogP contribution in [0.1, 0.15) is 0 Å². The number of aromatic nitrogens is 6. The molecule has 15 aromatic carbocycles. The first-order chi connectivity index (χ1) is 46.2. The highest BCUT2D eigenvalue weighted by Gasteiger charge is 2.22. The van der Waals surface area contributed by atoms with Crippen LogP contribution in [0.2, 0.25) is 0 Å². The Morgan fingerprint density at radius 1 is 0.172 bits per heavy atom. The molecule has 6 nitrogen and oxygen atoms in total. The molecule has 432 valence electrons. The first kappa shape index (κ1) is 52.4. The molecule has 6 heteroatoms. The lowest BCUT2D eigenvalue weighted by molar-refractivity contribution is 1.18. The van der Waals surface area contributed by atoms with Crippen LogP contribution in [0.15, 0.2) is 328 Å². The first-order valence-corrected chi connectivity index (χ1v) is 31.7. The SMILES string of the molecule is c1ccc(-n2c3ccccc3c3c4c5ccccc5c5ncccc5c4ccc32)cc1.c1ccc(-n2c3ccccc3c3cc4c5ccccc5c5ncccc5c4cc32)cc1.c1ccc(-n2c3ccccc3c3ccc4c5ccccc5c5ncccc5c4c32)cc1. The number of para-hydroxylation sites is 6. The monoisotopic (exact) mass is 1180 g/mol. The highest BCUT2D eigenvalue weighted by Crippen LogP contribution is 2.46. The van der Waals surface area contributed by atoms with Gasteiger partial charge in [-0.05, 0) is 129 Å². The van der Waals surface area contributed by atoms with Crippen molar-refractivity contribution in [2.24, 2.45) is 0 Å². The minimum absolute atomic E-state index is 1.06. The Balaban J connectivity index is 0.0000000994. The summed E-state index contributed by atoms with van der Waals surface area (Å²) < 4.78 is 7.17. The van der Waals surface area contributed by atoms with E-state index in [4.69, 9.17) is 15.0 Å². The summed E-state index contributed by atoms with van der Waals surface area (Å²) >= 11 is 0.